The van der Waals surface area contributed by atoms with E-state index in [0.29, 0.717) is 10.2 Å². The summed E-state index contributed by atoms with van der Waals surface area (Å²) in [4.78, 5) is 0. The van der Waals surface area contributed by atoms with Crippen molar-refractivity contribution in [3.63, 3.8) is 0 Å². The topological polar surface area (TPSA) is 37.8 Å². The molecule has 0 aliphatic rings. The molecule has 0 bridgehead atoms. The number of halogens is 3. The molecule has 1 N–H and O–H groups in total. The lowest BCUT2D eigenvalue weighted by atomic mass is 10.2. The number of aromatic nitrogens is 2. The molecule has 2 rings (SSSR count). The first-order chi connectivity index (χ1) is 7.56. The normalized spacial score (nSPS) is 10.5. The molecule has 0 amide bonds. The smallest absolute Gasteiger partial charge is 0.210 e. The number of nitrogens with one attached hydrogen (secondary N) is 1. The zero-order valence-electron chi connectivity index (χ0n) is 8.09. The van der Waals surface area contributed by atoms with Crippen molar-refractivity contribution in [2.45, 2.75) is 6.92 Å². The minimum absolute atomic E-state index is 0.715. The Morgan fingerprint density at radius 3 is 2.69 bits per heavy atom. The number of aryl methyl sites for hydroxylation is 1. The number of benzene rings is 1. The lowest BCUT2D eigenvalue weighted by molar-refractivity contribution is 1.07. The van der Waals surface area contributed by atoms with Crippen molar-refractivity contribution in [3.05, 3.63) is 31.1 Å². The summed E-state index contributed by atoms with van der Waals surface area (Å²) in [5.41, 5.74) is 1.90. The Hall–Kier alpha value is -0.170. The Morgan fingerprint density at radius 2 is 2.06 bits per heavy atom. The molecule has 0 unspecified atom stereocenters. The highest BCUT2D eigenvalue weighted by atomic mass is 79.9. The molecule has 1 aromatic heterocycles. The summed E-state index contributed by atoms with van der Waals surface area (Å²) in [6.07, 6.45) is 0. The number of hydrogen-bond donors (Lipinski definition) is 1. The zero-order valence-corrected chi connectivity index (χ0v) is 12.8. The van der Waals surface area contributed by atoms with Crippen molar-refractivity contribution in [3.8, 4) is 0 Å². The van der Waals surface area contributed by atoms with E-state index < -0.39 is 0 Å². The summed E-state index contributed by atoms with van der Waals surface area (Å²) in [5, 5.41) is 12.4. The molecular weight excluding hydrogens is 377 g/mol. The SMILES string of the molecule is Cc1cc(Br)c(Nc2nnc(Br)s2)cc1Cl. The van der Waals surface area contributed by atoms with Crippen LogP contribution in [0.5, 0.6) is 0 Å². The van der Waals surface area contributed by atoms with Crippen LogP contribution in [0, 0.1) is 6.92 Å². The highest BCUT2D eigenvalue weighted by Gasteiger charge is 2.07. The van der Waals surface area contributed by atoms with Crippen LogP contribution in [0.2, 0.25) is 5.02 Å². The van der Waals surface area contributed by atoms with E-state index in [0.717, 1.165) is 19.6 Å². The summed E-state index contributed by atoms with van der Waals surface area (Å²) >= 11 is 14.2. The van der Waals surface area contributed by atoms with Crippen LogP contribution in [0.1, 0.15) is 5.56 Å². The molecule has 0 saturated heterocycles. The van der Waals surface area contributed by atoms with Crippen LogP contribution in [-0.2, 0) is 0 Å². The lowest BCUT2D eigenvalue weighted by Crippen LogP contribution is -1.92. The second kappa shape index (κ2) is 5.00. The van der Waals surface area contributed by atoms with Gasteiger partial charge in [0.2, 0.25) is 5.13 Å². The van der Waals surface area contributed by atoms with Crippen molar-refractivity contribution >= 4 is 65.6 Å². The zero-order chi connectivity index (χ0) is 11.7. The minimum Gasteiger partial charge on any atom is -0.329 e. The monoisotopic (exact) mass is 381 g/mol. The van der Waals surface area contributed by atoms with E-state index in [4.69, 9.17) is 11.6 Å². The van der Waals surface area contributed by atoms with Crippen LogP contribution in [0.4, 0.5) is 10.8 Å². The third kappa shape index (κ3) is 2.74. The maximum absolute atomic E-state index is 6.05. The fourth-order valence-corrected chi connectivity index (χ4v) is 2.86. The van der Waals surface area contributed by atoms with Crippen LogP contribution in [0.15, 0.2) is 20.5 Å². The van der Waals surface area contributed by atoms with Gasteiger partial charge in [0.15, 0.2) is 3.92 Å². The predicted molar refractivity (Wildman–Crippen MR) is 74.8 cm³/mol. The molecule has 0 aliphatic heterocycles. The van der Waals surface area contributed by atoms with E-state index in [-0.39, 0.29) is 0 Å². The van der Waals surface area contributed by atoms with E-state index in [1.807, 2.05) is 19.1 Å². The molecule has 84 valence electrons. The van der Waals surface area contributed by atoms with Crippen molar-refractivity contribution in [1.82, 2.24) is 10.2 Å². The van der Waals surface area contributed by atoms with Crippen LogP contribution in [0.3, 0.4) is 0 Å². The standard InChI is InChI=1S/C9H6Br2ClN3S/c1-4-2-5(10)7(3-6(4)12)13-9-15-14-8(11)16-9/h2-3H,1H3,(H,13,15). The van der Waals surface area contributed by atoms with Gasteiger partial charge >= 0.3 is 0 Å². The molecular formula is C9H6Br2ClN3S. The molecule has 2 aromatic rings. The van der Waals surface area contributed by atoms with Gasteiger partial charge in [0, 0.05) is 9.50 Å². The average molecular weight is 383 g/mol. The van der Waals surface area contributed by atoms with Gasteiger partial charge in [0.05, 0.1) is 5.69 Å². The van der Waals surface area contributed by atoms with Gasteiger partial charge in [-0.15, -0.1) is 10.2 Å². The largest absolute Gasteiger partial charge is 0.329 e. The second-order valence-electron chi connectivity index (χ2n) is 3.07. The Morgan fingerprint density at radius 1 is 1.31 bits per heavy atom. The van der Waals surface area contributed by atoms with Crippen molar-refractivity contribution in [2.24, 2.45) is 0 Å². The number of nitrogens with zero attached hydrogens (tertiary/aromatic N) is 2. The maximum atomic E-state index is 6.05. The quantitative estimate of drug-likeness (QED) is 0.812. The first-order valence-corrected chi connectivity index (χ1v) is 7.06. The molecule has 0 atom stereocenters. The molecule has 0 saturated carbocycles. The van der Waals surface area contributed by atoms with Crippen LogP contribution >= 0.6 is 54.8 Å². The van der Waals surface area contributed by atoms with Gasteiger partial charge in [0.25, 0.3) is 0 Å². The van der Waals surface area contributed by atoms with E-state index in [1.165, 1.54) is 11.3 Å². The highest BCUT2D eigenvalue weighted by Crippen LogP contribution is 2.32. The van der Waals surface area contributed by atoms with Gasteiger partial charge in [-0.2, -0.15) is 0 Å². The van der Waals surface area contributed by atoms with Crippen molar-refractivity contribution < 1.29 is 0 Å². The number of hydrogen-bond acceptors (Lipinski definition) is 4. The Labute approximate surface area is 118 Å². The number of anilines is 2. The Balaban J connectivity index is 2.31. The summed E-state index contributed by atoms with van der Waals surface area (Å²) in [6, 6.07) is 3.82. The van der Waals surface area contributed by atoms with Crippen LogP contribution in [0.25, 0.3) is 0 Å². The van der Waals surface area contributed by atoms with E-state index in [2.05, 4.69) is 47.4 Å². The van der Waals surface area contributed by atoms with Crippen LogP contribution in [-0.4, -0.2) is 10.2 Å². The fourth-order valence-electron chi connectivity index (χ4n) is 1.11. The minimum atomic E-state index is 0.715. The second-order valence-corrected chi connectivity index (χ2v) is 6.58. The first-order valence-electron chi connectivity index (χ1n) is 4.28. The maximum Gasteiger partial charge on any atom is 0.210 e. The van der Waals surface area contributed by atoms with E-state index >= 15 is 0 Å². The van der Waals surface area contributed by atoms with Crippen molar-refractivity contribution in [2.75, 3.05) is 5.32 Å². The molecule has 1 aromatic carbocycles. The molecule has 1 heterocycles. The summed E-state index contributed by atoms with van der Waals surface area (Å²) in [5.74, 6) is 0. The molecule has 0 radical (unpaired) electrons. The molecule has 3 nitrogen and oxygen atoms in total. The van der Waals surface area contributed by atoms with Gasteiger partial charge in [0.1, 0.15) is 0 Å². The molecule has 0 aliphatic carbocycles. The molecule has 0 fully saturated rings. The first kappa shape index (κ1) is 12.3. The summed E-state index contributed by atoms with van der Waals surface area (Å²) < 4.78 is 1.69. The van der Waals surface area contributed by atoms with E-state index in [9.17, 15) is 0 Å². The Bertz CT molecular complexity index is 529. The molecule has 16 heavy (non-hydrogen) atoms. The Kier molecular flexibility index (Phi) is 3.84. The lowest BCUT2D eigenvalue weighted by Gasteiger charge is -2.07. The third-order valence-electron chi connectivity index (χ3n) is 1.89. The van der Waals surface area contributed by atoms with Gasteiger partial charge in [-0.3, -0.25) is 0 Å². The highest BCUT2D eigenvalue weighted by molar-refractivity contribution is 9.11. The molecule has 0 spiro atoms. The third-order valence-corrected chi connectivity index (χ3v) is 4.22. The van der Waals surface area contributed by atoms with Gasteiger partial charge < -0.3 is 5.32 Å². The van der Waals surface area contributed by atoms with Gasteiger partial charge in [-0.1, -0.05) is 22.9 Å². The molecule has 7 heteroatoms. The van der Waals surface area contributed by atoms with Gasteiger partial charge in [-0.25, -0.2) is 0 Å². The predicted octanol–water partition coefficient (Wildman–Crippen LogP) is 4.77. The van der Waals surface area contributed by atoms with Gasteiger partial charge in [-0.05, 0) is 56.5 Å². The van der Waals surface area contributed by atoms with Crippen LogP contribution < -0.4 is 5.32 Å². The van der Waals surface area contributed by atoms with Crippen molar-refractivity contribution in [1.29, 1.82) is 0 Å². The number of rotatable bonds is 2. The van der Waals surface area contributed by atoms with E-state index in [1.54, 1.807) is 0 Å². The summed E-state index contributed by atoms with van der Waals surface area (Å²) in [7, 11) is 0. The fraction of sp³-hybridized carbons (Fsp3) is 0.111. The summed E-state index contributed by atoms with van der Waals surface area (Å²) in [6.45, 7) is 1.96. The average Bonchev–Trinajstić information content (AvgIpc) is 2.60.